The van der Waals surface area contributed by atoms with Crippen molar-refractivity contribution < 1.29 is 0 Å². The summed E-state index contributed by atoms with van der Waals surface area (Å²) in [4.78, 5) is 17.2. The molecule has 0 aliphatic carbocycles. The molecule has 0 bridgehead atoms. The van der Waals surface area contributed by atoms with Gasteiger partial charge < -0.3 is 0 Å². The first-order valence-corrected chi connectivity index (χ1v) is 13.8. The summed E-state index contributed by atoms with van der Waals surface area (Å²) in [6.45, 7) is 0. The molecule has 198 valence electrons. The Morgan fingerprint density at radius 3 is 0.952 bits per heavy atom. The lowest BCUT2D eigenvalue weighted by Crippen LogP contribution is -1.93. The molecule has 0 saturated carbocycles. The Morgan fingerprint density at radius 2 is 0.595 bits per heavy atom. The second kappa shape index (κ2) is 11.4. The van der Waals surface area contributed by atoms with E-state index in [0.29, 0.717) is 0 Å². The van der Waals surface area contributed by atoms with Gasteiger partial charge in [0.25, 0.3) is 0 Å². The number of hydrogen-bond donors (Lipinski definition) is 0. The Bertz CT molecular complexity index is 1780. The summed E-state index contributed by atoms with van der Waals surface area (Å²) in [5.41, 5.74) is 13.5. The number of benzene rings is 3. The average Bonchev–Trinajstić information content (AvgIpc) is 3.09. The molecule has 4 nitrogen and oxygen atoms in total. The van der Waals surface area contributed by atoms with Crippen LogP contribution in [0.5, 0.6) is 0 Å². The van der Waals surface area contributed by atoms with Gasteiger partial charge in [-0.2, -0.15) is 0 Å². The van der Waals surface area contributed by atoms with Crippen molar-refractivity contribution in [2.75, 3.05) is 0 Å². The van der Waals surface area contributed by atoms with Crippen LogP contribution in [0.15, 0.2) is 159 Å². The summed E-state index contributed by atoms with van der Waals surface area (Å²) >= 11 is 0. The smallest absolute Gasteiger partial charge is 0.0346 e. The van der Waals surface area contributed by atoms with Gasteiger partial charge >= 0.3 is 0 Å². The van der Waals surface area contributed by atoms with Crippen LogP contribution >= 0.6 is 0 Å². The Labute approximate surface area is 245 Å². The number of hydrogen-bond acceptors (Lipinski definition) is 4. The average molecular weight is 539 g/mol. The molecule has 42 heavy (non-hydrogen) atoms. The van der Waals surface area contributed by atoms with Crippen LogP contribution in [0.2, 0.25) is 0 Å². The van der Waals surface area contributed by atoms with E-state index in [1.807, 2.05) is 86.0 Å². The van der Waals surface area contributed by atoms with Gasteiger partial charge in [0.15, 0.2) is 0 Å². The summed E-state index contributed by atoms with van der Waals surface area (Å²) < 4.78 is 0. The summed E-state index contributed by atoms with van der Waals surface area (Å²) in [5, 5.41) is 0. The highest BCUT2D eigenvalue weighted by molar-refractivity contribution is 5.95. The highest BCUT2D eigenvalue weighted by atomic mass is 14.6. The Kier molecular flexibility index (Phi) is 6.85. The van der Waals surface area contributed by atoms with Gasteiger partial charge in [-0.3, -0.25) is 19.9 Å². The minimum atomic E-state index is 1.07. The molecule has 0 amide bonds. The Balaban J connectivity index is 1.42. The second-order valence-electron chi connectivity index (χ2n) is 10.1. The first-order chi connectivity index (χ1) is 20.8. The molecule has 7 rings (SSSR count). The molecule has 4 aromatic heterocycles. The minimum Gasteiger partial charge on any atom is -0.265 e. The first-order valence-electron chi connectivity index (χ1n) is 13.8. The van der Waals surface area contributed by atoms with Gasteiger partial charge in [0.05, 0.1) is 0 Å². The maximum absolute atomic E-state index is 4.45. The molecule has 0 N–H and O–H groups in total. The topological polar surface area (TPSA) is 51.6 Å². The van der Waals surface area contributed by atoms with Crippen LogP contribution in [-0.4, -0.2) is 19.9 Å². The van der Waals surface area contributed by atoms with Gasteiger partial charge in [-0.1, -0.05) is 60.7 Å². The van der Waals surface area contributed by atoms with Crippen LogP contribution in [0.3, 0.4) is 0 Å². The van der Waals surface area contributed by atoms with Crippen molar-refractivity contribution in [3.05, 3.63) is 159 Å². The molecule has 3 aromatic carbocycles. The van der Waals surface area contributed by atoms with Crippen molar-refractivity contribution in [3.63, 3.8) is 0 Å². The standard InChI is InChI=1S/C38H26N4/c1-3-33(25-41-17-1)37-24-38(34-4-2-18-42-26-34)36(32-11-7-28(8-12-32)30-15-21-40-22-16-30)23-35(37)31-9-5-27(6-10-31)29-13-19-39-20-14-29/h1-26H. The largest absolute Gasteiger partial charge is 0.265 e. The van der Waals surface area contributed by atoms with E-state index in [2.05, 4.69) is 92.7 Å². The van der Waals surface area contributed by atoms with Gasteiger partial charge in [0.1, 0.15) is 0 Å². The van der Waals surface area contributed by atoms with Crippen LogP contribution in [0.25, 0.3) is 66.8 Å². The van der Waals surface area contributed by atoms with Crippen LogP contribution in [0.4, 0.5) is 0 Å². The summed E-state index contributed by atoms with van der Waals surface area (Å²) in [5.74, 6) is 0. The fourth-order valence-corrected chi connectivity index (χ4v) is 5.37. The number of pyridine rings is 4. The van der Waals surface area contributed by atoms with Crippen molar-refractivity contribution in [1.82, 2.24) is 19.9 Å². The van der Waals surface area contributed by atoms with Gasteiger partial charge in [-0.05, 0) is 104 Å². The SMILES string of the molecule is c1cncc(-c2cc(-c3cccnc3)c(-c3ccc(-c4ccncc4)cc3)cc2-c2ccc(-c3ccncc3)cc2)c1. The molecular weight excluding hydrogens is 512 g/mol. The second-order valence-corrected chi connectivity index (χ2v) is 10.1. The Morgan fingerprint density at radius 1 is 0.262 bits per heavy atom. The van der Waals surface area contributed by atoms with Gasteiger partial charge in [-0.25, -0.2) is 0 Å². The maximum Gasteiger partial charge on any atom is 0.0346 e. The summed E-state index contributed by atoms with van der Waals surface area (Å²) in [6, 6.07) is 38.4. The van der Waals surface area contributed by atoms with Crippen molar-refractivity contribution in [1.29, 1.82) is 0 Å². The van der Waals surface area contributed by atoms with E-state index >= 15 is 0 Å². The molecule has 4 heterocycles. The minimum absolute atomic E-state index is 1.07. The fraction of sp³-hybridized carbons (Fsp3) is 0. The molecule has 0 fully saturated rings. The van der Waals surface area contributed by atoms with E-state index in [1.54, 1.807) is 0 Å². The number of nitrogens with zero attached hydrogens (tertiary/aromatic N) is 4. The lowest BCUT2D eigenvalue weighted by Gasteiger charge is -2.18. The molecule has 0 unspecified atom stereocenters. The van der Waals surface area contributed by atoms with Crippen molar-refractivity contribution in [2.45, 2.75) is 0 Å². The summed E-state index contributed by atoms with van der Waals surface area (Å²) in [7, 11) is 0. The third kappa shape index (κ3) is 5.09. The first kappa shape index (κ1) is 25.2. The molecule has 0 aliphatic rings. The quantitative estimate of drug-likeness (QED) is 0.212. The van der Waals surface area contributed by atoms with Crippen LogP contribution < -0.4 is 0 Å². The normalized spacial score (nSPS) is 10.9. The lowest BCUT2D eigenvalue weighted by atomic mass is 9.85. The van der Waals surface area contributed by atoms with E-state index < -0.39 is 0 Å². The zero-order chi connectivity index (χ0) is 28.1. The third-order valence-electron chi connectivity index (χ3n) is 7.52. The van der Waals surface area contributed by atoms with E-state index in [0.717, 1.165) is 66.8 Å². The van der Waals surface area contributed by atoms with E-state index in [4.69, 9.17) is 0 Å². The maximum atomic E-state index is 4.45. The molecule has 7 aromatic rings. The highest BCUT2D eigenvalue weighted by Gasteiger charge is 2.17. The molecule has 0 saturated heterocycles. The fourth-order valence-electron chi connectivity index (χ4n) is 5.37. The zero-order valence-corrected chi connectivity index (χ0v) is 22.8. The zero-order valence-electron chi connectivity index (χ0n) is 22.8. The van der Waals surface area contributed by atoms with Crippen LogP contribution in [-0.2, 0) is 0 Å². The Hall–Kier alpha value is -5.74. The number of rotatable bonds is 6. The third-order valence-corrected chi connectivity index (χ3v) is 7.52. The van der Waals surface area contributed by atoms with E-state index in [-0.39, 0.29) is 0 Å². The predicted molar refractivity (Wildman–Crippen MR) is 170 cm³/mol. The molecule has 4 heteroatoms. The molecule has 0 radical (unpaired) electrons. The van der Waals surface area contributed by atoms with Crippen molar-refractivity contribution in [3.8, 4) is 66.8 Å². The predicted octanol–water partition coefficient (Wildman–Crippen LogP) is 9.27. The van der Waals surface area contributed by atoms with Crippen LogP contribution in [0.1, 0.15) is 0 Å². The molecular formula is C38H26N4. The van der Waals surface area contributed by atoms with Crippen molar-refractivity contribution >= 4 is 0 Å². The molecule has 0 atom stereocenters. The van der Waals surface area contributed by atoms with Crippen molar-refractivity contribution in [2.24, 2.45) is 0 Å². The summed E-state index contributed by atoms with van der Waals surface area (Å²) in [6.07, 6.45) is 14.8. The highest BCUT2D eigenvalue weighted by Crippen LogP contribution is 2.42. The van der Waals surface area contributed by atoms with Gasteiger partial charge in [0.2, 0.25) is 0 Å². The van der Waals surface area contributed by atoms with Gasteiger partial charge in [0, 0.05) is 60.7 Å². The monoisotopic (exact) mass is 538 g/mol. The van der Waals surface area contributed by atoms with E-state index in [1.165, 1.54) is 0 Å². The molecule has 0 spiro atoms. The van der Waals surface area contributed by atoms with Gasteiger partial charge in [-0.15, -0.1) is 0 Å². The molecule has 0 aliphatic heterocycles. The lowest BCUT2D eigenvalue weighted by molar-refractivity contribution is 1.32. The number of aromatic nitrogens is 4. The van der Waals surface area contributed by atoms with Crippen LogP contribution in [0, 0.1) is 0 Å². The van der Waals surface area contributed by atoms with E-state index in [9.17, 15) is 0 Å².